The normalized spacial score (nSPS) is 19.5. The van der Waals surface area contributed by atoms with Crippen molar-refractivity contribution in [3.8, 4) is 17.0 Å². The van der Waals surface area contributed by atoms with Crippen LogP contribution in [0.3, 0.4) is 0 Å². The molecule has 0 bridgehead atoms. The molecule has 0 radical (unpaired) electrons. The van der Waals surface area contributed by atoms with Crippen LogP contribution in [0.25, 0.3) is 11.3 Å². The molecule has 0 N–H and O–H groups in total. The first-order valence-electron chi connectivity index (χ1n) is 11.2. The average molecular weight is 471 g/mol. The van der Waals surface area contributed by atoms with E-state index < -0.39 is 9.84 Å². The zero-order chi connectivity index (χ0) is 23.6. The maximum Gasteiger partial charge on any atom is 0.247 e. The highest BCUT2D eigenvalue weighted by Crippen LogP contribution is 2.24. The summed E-state index contributed by atoms with van der Waals surface area (Å²) in [6.07, 6.45) is 5.43. The molecule has 1 aromatic carbocycles. The minimum atomic E-state index is -3.21. The Kier molecular flexibility index (Phi) is 6.69. The Bertz CT molecular complexity index is 1120. The molecule has 0 saturated carbocycles. The smallest absolute Gasteiger partial charge is 0.247 e. The third-order valence-corrected chi connectivity index (χ3v) is 7.41. The number of pyridine rings is 1. The molecule has 2 aliphatic rings. The molecule has 1 fully saturated rings. The number of nitrogens with zero attached hydrogens (tertiary/aromatic N) is 4. The molecule has 0 spiro atoms. The van der Waals surface area contributed by atoms with Gasteiger partial charge in [-0.15, -0.1) is 0 Å². The fourth-order valence-corrected chi connectivity index (χ4v) is 4.92. The van der Waals surface area contributed by atoms with Crippen LogP contribution in [-0.4, -0.2) is 74.0 Å². The topological polar surface area (TPSA) is 92.2 Å². The molecule has 1 saturated heterocycles. The van der Waals surface area contributed by atoms with Gasteiger partial charge >= 0.3 is 0 Å². The average Bonchev–Trinajstić information content (AvgIpc) is 3.15. The van der Waals surface area contributed by atoms with Crippen molar-refractivity contribution in [2.45, 2.75) is 37.1 Å². The van der Waals surface area contributed by atoms with Crippen molar-refractivity contribution in [1.29, 1.82) is 0 Å². The lowest BCUT2D eigenvalue weighted by Crippen LogP contribution is -2.47. The van der Waals surface area contributed by atoms with Crippen LogP contribution >= 0.6 is 0 Å². The predicted octanol–water partition coefficient (Wildman–Crippen LogP) is 2.85. The third kappa shape index (κ3) is 5.52. The van der Waals surface area contributed by atoms with Crippen LogP contribution in [0.5, 0.6) is 5.75 Å². The van der Waals surface area contributed by atoms with Gasteiger partial charge in [0.2, 0.25) is 5.91 Å². The Labute approximate surface area is 195 Å². The van der Waals surface area contributed by atoms with E-state index in [1.165, 1.54) is 6.26 Å². The lowest BCUT2D eigenvalue weighted by atomic mass is 9.97. The van der Waals surface area contributed by atoms with Crippen molar-refractivity contribution in [2.75, 3.05) is 33.0 Å². The number of carbonyl (C=O) groups is 1. The fourth-order valence-electron chi connectivity index (χ4n) is 4.29. The van der Waals surface area contributed by atoms with Gasteiger partial charge in [-0.1, -0.05) is 12.1 Å². The minimum Gasteiger partial charge on any atom is -0.492 e. The first-order valence-corrected chi connectivity index (χ1v) is 13.0. The molecule has 8 nitrogen and oxygen atoms in total. The number of hydrazone groups is 1. The molecule has 33 heavy (non-hydrogen) atoms. The molecule has 4 rings (SSSR count). The molecule has 1 amide bonds. The van der Waals surface area contributed by atoms with Crippen molar-refractivity contribution in [1.82, 2.24) is 14.9 Å². The van der Waals surface area contributed by atoms with E-state index in [9.17, 15) is 13.2 Å². The number of ether oxygens (including phenoxy) is 1. The van der Waals surface area contributed by atoms with Crippen LogP contribution in [0, 0.1) is 5.92 Å². The molecular formula is C24H30N4O4S. The van der Waals surface area contributed by atoms with Gasteiger partial charge in [-0.3, -0.25) is 14.8 Å². The number of piperidine rings is 1. The van der Waals surface area contributed by atoms with Crippen molar-refractivity contribution in [3.63, 3.8) is 0 Å². The number of rotatable bonds is 6. The zero-order valence-corrected chi connectivity index (χ0v) is 20.1. The van der Waals surface area contributed by atoms with Crippen molar-refractivity contribution >= 4 is 21.5 Å². The summed E-state index contributed by atoms with van der Waals surface area (Å²) in [5.74, 6) is 1.27. The molecule has 2 aliphatic heterocycles. The summed E-state index contributed by atoms with van der Waals surface area (Å²) in [4.78, 5) is 19.5. The minimum absolute atomic E-state index is 0.162. The third-order valence-electron chi connectivity index (χ3n) is 6.28. The Morgan fingerprint density at radius 1 is 1.12 bits per heavy atom. The lowest BCUT2D eigenvalue weighted by molar-refractivity contribution is -0.137. The van der Waals surface area contributed by atoms with Crippen LogP contribution in [-0.2, 0) is 14.6 Å². The second-order valence-electron chi connectivity index (χ2n) is 8.88. The summed E-state index contributed by atoms with van der Waals surface area (Å²) in [7, 11) is -1.35. The number of sulfone groups is 1. The van der Waals surface area contributed by atoms with E-state index in [4.69, 9.17) is 4.74 Å². The summed E-state index contributed by atoms with van der Waals surface area (Å²) >= 11 is 0. The molecule has 1 aromatic heterocycles. The van der Waals surface area contributed by atoms with E-state index >= 15 is 0 Å². The molecule has 3 heterocycles. The van der Waals surface area contributed by atoms with Gasteiger partial charge in [-0.2, -0.15) is 5.10 Å². The molecule has 9 heteroatoms. The van der Waals surface area contributed by atoms with Crippen LogP contribution in [0.1, 0.15) is 26.2 Å². The summed E-state index contributed by atoms with van der Waals surface area (Å²) < 4.78 is 29.2. The number of hydrogen-bond donors (Lipinski definition) is 0. The van der Waals surface area contributed by atoms with E-state index in [1.54, 1.807) is 35.5 Å². The molecule has 1 atom stereocenters. The van der Waals surface area contributed by atoms with Crippen molar-refractivity contribution in [2.24, 2.45) is 11.0 Å². The van der Waals surface area contributed by atoms with Gasteiger partial charge < -0.3 is 9.64 Å². The number of likely N-dealkylation sites (tertiary alicyclic amines) is 1. The number of benzene rings is 1. The summed E-state index contributed by atoms with van der Waals surface area (Å²) in [6.45, 7) is 4.05. The largest absolute Gasteiger partial charge is 0.492 e. The standard InChI is InChI=1S/C24H30N4O4S/c1-17-14-23(27(2)26-17)24(29)28-12-10-18(11-13-28)16-32-20-6-9-22(25-15-20)19-4-7-21(8-5-19)33(3,30)31/h4-9,15,18,23H,10-14,16H2,1-3H3. The molecule has 176 valence electrons. The van der Waals surface area contributed by atoms with Gasteiger partial charge in [-0.05, 0) is 49.9 Å². The number of hydrogen-bond acceptors (Lipinski definition) is 7. The van der Waals surface area contributed by atoms with E-state index in [0.29, 0.717) is 24.7 Å². The van der Waals surface area contributed by atoms with Crippen molar-refractivity contribution < 1.29 is 17.9 Å². The second kappa shape index (κ2) is 9.51. The van der Waals surface area contributed by atoms with Gasteiger partial charge in [0.25, 0.3) is 0 Å². The van der Waals surface area contributed by atoms with E-state index in [1.807, 2.05) is 31.0 Å². The fraction of sp³-hybridized carbons (Fsp3) is 0.458. The number of likely N-dealkylation sites (N-methyl/N-ethyl adjacent to an activating group) is 1. The maximum atomic E-state index is 12.8. The Morgan fingerprint density at radius 3 is 2.36 bits per heavy atom. The zero-order valence-electron chi connectivity index (χ0n) is 19.3. The molecule has 2 aromatic rings. The lowest BCUT2D eigenvalue weighted by Gasteiger charge is -2.34. The summed E-state index contributed by atoms with van der Waals surface area (Å²) in [5.41, 5.74) is 2.61. The number of aromatic nitrogens is 1. The highest BCUT2D eigenvalue weighted by molar-refractivity contribution is 7.90. The molecule has 0 aliphatic carbocycles. The highest BCUT2D eigenvalue weighted by atomic mass is 32.2. The van der Waals surface area contributed by atoms with Crippen LogP contribution in [0.2, 0.25) is 0 Å². The highest BCUT2D eigenvalue weighted by Gasteiger charge is 2.33. The Hall–Kier alpha value is -2.94. The Balaban J connectivity index is 1.25. The van der Waals surface area contributed by atoms with Gasteiger partial charge in [0.05, 0.1) is 23.4 Å². The molecule has 1 unspecified atom stereocenters. The second-order valence-corrected chi connectivity index (χ2v) is 10.9. The first-order chi connectivity index (χ1) is 15.7. The van der Waals surface area contributed by atoms with Gasteiger partial charge in [0.15, 0.2) is 9.84 Å². The SMILES string of the molecule is CC1=NN(C)C(C(=O)N2CCC(COc3ccc(-c4ccc(S(C)(=O)=O)cc4)nc3)CC2)C1. The van der Waals surface area contributed by atoms with Crippen LogP contribution in [0.4, 0.5) is 0 Å². The number of carbonyl (C=O) groups excluding carboxylic acids is 1. The van der Waals surface area contributed by atoms with Crippen LogP contribution in [0.15, 0.2) is 52.6 Å². The maximum absolute atomic E-state index is 12.8. The van der Waals surface area contributed by atoms with Crippen molar-refractivity contribution in [3.05, 3.63) is 42.6 Å². The first kappa shape index (κ1) is 23.2. The van der Waals surface area contributed by atoms with Gasteiger partial charge in [0, 0.05) is 44.1 Å². The van der Waals surface area contributed by atoms with E-state index in [2.05, 4.69) is 10.1 Å². The monoisotopic (exact) mass is 470 g/mol. The number of amides is 1. The van der Waals surface area contributed by atoms with E-state index in [0.717, 1.165) is 42.9 Å². The van der Waals surface area contributed by atoms with Crippen LogP contribution < -0.4 is 4.74 Å². The summed E-state index contributed by atoms with van der Waals surface area (Å²) in [5, 5.41) is 6.14. The van der Waals surface area contributed by atoms with Gasteiger partial charge in [0.1, 0.15) is 11.8 Å². The summed E-state index contributed by atoms with van der Waals surface area (Å²) in [6, 6.07) is 10.3. The quantitative estimate of drug-likeness (QED) is 0.645. The molecular weight excluding hydrogens is 440 g/mol. The van der Waals surface area contributed by atoms with Gasteiger partial charge in [-0.25, -0.2) is 8.42 Å². The Morgan fingerprint density at radius 2 is 1.82 bits per heavy atom. The van der Waals surface area contributed by atoms with E-state index in [-0.39, 0.29) is 16.8 Å². The predicted molar refractivity (Wildman–Crippen MR) is 127 cm³/mol.